The van der Waals surface area contributed by atoms with Gasteiger partial charge in [0.05, 0.1) is 17.2 Å². The minimum Gasteiger partial charge on any atom is -0.270 e. The van der Waals surface area contributed by atoms with E-state index < -0.39 is 17.3 Å². The third-order valence-electron chi connectivity index (χ3n) is 3.08. The average Bonchev–Trinajstić information content (AvgIpc) is 2.47. The highest BCUT2D eigenvalue weighted by molar-refractivity contribution is 5.32. The summed E-state index contributed by atoms with van der Waals surface area (Å²) in [6.45, 7) is 0. The highest BCUT2D eigenvalue weighted by Crippen LogP contribution is 2.44. The minimum absolute atomic E-state index is 0.369. The van der Waals surface area contributed by atoms with Crippen LogP contribution in [0, 0.1) is 11.3 Å². The number of hydrogen-bond acceptors (Lipinski definition) is 2. The first-order valence-corrected chi connectivity index (χ1v) is 4.92. The number of nitriles is 1. The smallest absolute Gasteiger partial charge is 0.270 e. The molecule has 0 spiro atoms. The summed E-state index contributed by atoms with van der Waals surface area (Å²) in [5.74, 6) is 0. The molecule has 0 unspecified atom stereocenters. The summed E-state index contributed by atoms with van der Waals surface area (Å²) in [4.78, 5) is 0. The van der Waals surface area contributed by atoms with Crippen LogP contribution in [0.3, 0.4) is 0 Å². The second-order valence-corrected chi connectivity index (χ2v) is 4.08. The van der Waals surface area contributed by atoms with Crippen LogP contribution in [0.2, 0.25) is 0 Å². The van der Waals surface area contributed by atoms with Crippen LogP contribution in [0.4, 0.5) is 13.2 Å². The van der Waals surface area contributed by atoms with Crippen molar-refractivity contribution in [2.45, 2.75) is 30.9 Å². The normalized spacial score (nSPS) is 18.9. The van der Waals surface area contributed by atoms with Gasteiger partial charge in [-0.1, -0.05) is 0 Å². The summed E-state index contributed by atoms with van der Waals surface area (Å²) in [5.41, 5.74) is -1.31. The topological polar surface area (TPSA) is 41.6 Å². The highest BCUT2D eigenvalue weighted by atomic mass is 19.4. The molecule has 0 aromatic carbocycles. The molecule has 0 radical (unpaired) electrons. The van der Waals surface area contributed by atoms with Gasteiger partial charge in [0.15, 0.2) is 5.69 Å². The van der Waals surface area contributed by atoms with Crippen LogP contribution in [-0.4, -0.2) is 9.78 Å². The largest absolute Gasteiger partial charge is 0.435 e. The monoisotopic (exact) mass is 229 g/mol. The fourth-order valence-corrected chi connectivity index (χ4v) is 2.01. The first-order chi connectivity index (χ1) is 7.39. The summed E-state index contributed by atoms with van der Waals surface area (Å²) in [6, 6.07) is 3.10. The van der Waals surface area contributed by atoms with E-state index in [4.69, 9.17) is 5.26 Å². The Morgan fingerprint density at radius 2 is 2.12 bits per heavy atom. The molecular formula is C10H10F3N3. The summed E-state index contributed by atoms with van der Waals surface area (Å²) >= 11 is 0. The third-order valence-corrected chi connectivity index (χ3v) is 3.08. The number of aryl methyl sites for hydroxylation is 1. The number of aromatic nitrogens is 2. The second kappa shape index (κ2) is 3.24. The van der Waals surface area contributed by atoms with Gasteiger partial charge in [0.25, 0.3) is 0 Å². The molecule has 86 valence electrons. The van der Waals surface area contributed by atoms with Gasteiger partial charge in [-0.3, -0.25) is 4.68 Å². The lowest BCUT2D eigenvalue weighted by molar-refractivity contribution is -0.141. The van der Waals surface area contributed by atoms with Crippen molar-refractivity contribution in [2.75, 3.05) is 0 Å². The van der Waals surface area contributed by atoms with Gasteiger partial charge in [-0.2, -0.15) is 23.5 Å². The zero-order valence-corrected chi connectivity index (χ0v) is 8.67. The highest BCUT2D eigenvalue weighted by Gasteiger charge is 2.44. The second-order valence-electron chi connectivity index (χ2n) is 4.08. The number of nitrogens with zero attached hydrogens (tertiary/aromatic N) is 3. The fourth-order valence-electron chi connectivity index (χ4n) is 2.01. The van der Waals surface area contributed by atoms with Gasteiger partial charge in [-0.25, -0.2) is 0 Å². The van der Waals surface area contributed by atoms with E-state index in [0.29, 0.717) is 18.5 Å². The van der Waals surface area contributed by atoms with Crippen LogP contribution in [0.15, 0.2) is 6.07 Å². The van der Waals surface area contributed by atoms with Crippen molar-refractivity contribution >= 4 is 0 Å². The predicted octanol–water partition coefficient (Wildman–Crippen LogP) is 2.38. The van der Waals surface area contributed by atoms with Crippen LogP contribution in [0.25, 0.3) is 0 Å². The maximum absolute atomic E-state index is 12.4. The van der Waals surface area contributed by atoms with E-state index in [1.54, 1.807) is 0 Å². The van der Waals surface area contributed by atoms with E-state index >= 15 is 0 Å². The molecule has 0 amide bonds. The maximum atomic E-state index is 12.4. The van der Waals surface area contributed by atoms with Crippen molar-refractivity contribution in [3.8, 4) is 6.07 Å². The molecule has 2 rings (SSSR count). The van der Waals surface area contributed by atoms with E-state index in [-0.39, 0.29) is 0 Å². The Labute approximate surface area is 90.5 Å². The molecule has 0 saturated heterocycles. The maximum Gasteiger partial charge on any atom is 0.435 e. The van der Waals surface area contributed by atoms with Crippen molar-refractivity contribution < 1.29 is 13.2 Å². The van der Waals surface area contributed by atoms with Crippen molar-refractivity contribution in [3.63, 3.8) is 0 Å². The van der Waals surface area contributed by atoms with E-state index in [1.807, 2.05) is 0 Å². The lowest BCUT2D eigenvalue weighted by Crippen LogP contribution is -2.34. The lowest BCUT2D eigenvalue weighted by atomic mass is 9.67. The van der Waals surface area contributed by atoms with E-state index in [2.05, 4.69) is 11.2 Å². The zero-order chi connectivity index (χ0) is 12.0. The molecule has 0 N–H and O–H groups in total. The molecule has 1 saturated carbocycles. The Hall–Kier alpha value is -1.51. The van der Waals surface area contributed by atoms with Gasteiger partial charge in [0.2, 0.25) is 0 Å². The summed E-state index contributed by atoms with van der Waals surface area (Å²) in [7, 11) is 1.45. The molecule has 1 aliphatic rings. The van der Waals surface area contributed by atoms with Crippen LogP contribution in [0.1, 0.15) is 30.7 Å². The van der Waals surface area contributed by atoms with Crippen molar-refractivity contribution in [2.24, 2.45) is 7.05 Å². The predicted molar refractivity (Wildman–Crippen MR) is 49.4 cm³/mol. The lowest BCUT2D eigenvalue weighted by Gasteiger charge is -2.34. The standard InChI is InChI=1S/C10H10F3N3/c1-16-8(9(6-14)3-2-4-9)5-7(15-16)10(11,12)13/h5H,2-4H2,1H3. The van der Waals surface area contributed by atoms with Crippen molar-refractivity contribution in [1.29, 1.82) is 5.26 Å². The van der Waals surface area contributed by atoms with E-state index in [1.165, 1.54) is 11.7 Å². The number of halogens is 3. The Morgan fingerprint density at radius 3 is 2.44 bits per heavy atom. The molecular weight excluding hydrogens is 219 g/mol. The number of alkyl halides is 3. The van der Waals surface area contributed by atoms with E-state index in [9.17, 15) is 13.2 Å². The van der Waals surface area contributed by atoms with Crippen molar-refractivity contribution in [3.05, 3.63) is 17.5 Å². The molecule has 3 nitrogen and oxygen atoms in total. The third kappa shape index (κ3) is 1.47. The van der Waals surface area contributed by atoms with Crippen molar-refractivity contribution in [1.82, 2.24) is 9.78 Å². The quantitative estimate of drug-likeness (QED) is 0.741. The van der Waals surface area contributed by atoms with Crippen LogP contribution >= 0.6 is 0 Å². The first kappa shape index (κ1) is 11.0. The molecule has 1 aliphatic carbocycles. The minimum atomic E-state index is -4.45. The average molecular weight is 229 g/mol. The zero-order valence-electron chi connectivity index (χ0n) is 8.67. The Morgan fingerprint density at radius 1 is 1.50 bits per heavy atom. The molecule has 0 aliphatic heterocycles. The van der Waals surface area contributed by atoms with Crippen LogP contribution in [0.5, 0.6) is 0 Å². The first-order valence-electron chi connectivity index (χ1n) is 4.92. The molecule has 16 heavy (non-hydrogen) atoms. The molecule has 0 atom stereocenters. The van der Waals surface area contributed by atoms with Gasteiger partial charge in [-0.05, 0) is 25.3 Å². The molecule has 6 heteroatoms. The molecule has 1 aromatic rings. The summed E-state index contributed by atoms with van der Waals surface area (Å²) < 4.78 is 38.5. The number of hydrogen-bond donors (Lipinski definition) is 0. The Bertz CT molecular complexity index is 449. The summed E-state index contributed by atoms with van der Waals surface area (Å²) in [5, 5.41) is 12.5. The molecule has 0 bridgehead atoms. The van der Waals surface area contributed by atoms with E-state index in [0.717, 1.165) is 12.5 Å². The SMILES string of the molecule is Cn1nc(C(F)(F)F)cc1C1(C#N)CCC1. The fraction of sp³-hybridized carbons (Fsp3) is 0.600. The van der Waals surface area contributed by atoms with Crippen LogP contribution < -0.4 is 0 Å². The van der Waals surface area contributed by atoms with Crippen LogP contribution in [-0.2, 0) is 18.6 Å². The molecule has 1 heterocycles. The Balaban J connectivity index is 2.44. The van der Waals surface area contributed by atoms with Gasteiger partial charge in [0, 0.05) is 7.05 Å². The van der Waals surface area contributed by atoms with Gasteiger partial charge in [0.1, 0.15) is 0 Å². The number of rotatable bonds is 1. The Kier molecular flexibility index (Phi) is 2.22. The summed E-state index contributed by atoms with van der Waals surface area (Å²) in [6.07, 6.45) is -2.35. The van der Waals surface area contributed by atoms with Gasteiger partial charge >= 0.3 is 6.18 Å². The van der Waals surface area contributed by atoms with Gasteiger partial charge < -0.3 is 0 Å². The molecule has 1 aromatic heterocycles. The molecule has 1 fully saturated rings. The van der Waals surface area contributed by atoms with Gasteiger partial charge in [-0.15, -0.1) is 0 Å².